The quantitative estimate of drug-likeness (QED) is 0.725. The lowest BCUT2D eigenvalue weighted by molar-refractivity contribution is 0.582. The van der Waals surface area contributed by atoms with Gasteiger partial charge in [0.05, 0.1) is 6.07 Å². The van der Waals surface area contributed by atoms with Crippen LogP contribution < -0.4 is 4.72 Å². The molecule has 1 aromatic rings. The molecular formula is C8H9N3O2S. The van der Waals surface area contributed by atoms with E-state index in [0.29, 0.717) is 0 Å². The normalized spacial score (nSPS) is 10.8. The highest BCUT2D eigenvalue weighted by molar-refractivity contribution is 7.89. The molecule has 0 radical (unpaired) electrons. The summed E-state index contributed by atoms with van der Waals surface area (Å²) >= 11 is 0. The molecule has 0 saturated carbocycles. The van der Waals surface area contributed by atoms with Gasteiger partial charge in [0.15, 0.2) is 0 Å². The molecule has 6 heteroatoms. The maximum absolute atomic E-state index is 11.4. The van der Waals surface area contributed by atoms with Gasteiger partial charge in [0.25, 0.3) is 0 Å². The van der Waals surface area contributed by atoms with E-state index in [0.717, 1.165) is 0 Å². The molecule has 0 fully saturated rings. The maximum atomic E-state index is 11.4. The molecule has 0 atom stereocenters. The van der Waals surface area contributed by atoms with Crippen molar-refractivity contribution in [2.24, 2.45) is 0 Å². The van der Waals surface area contributed by atoms with E-state index in [1.165, 1.54) is 18.5 Å². The Hall–Kier alpha value is -1.45. The van der Waals surface area contributed by atoms with Crippen LogP contribution in [0.15, 0.2) is 29.4 Å². The van der Waals surface area contributed by atoms with Gasteiger partial charge in [0.2, 0.25) is 10.0 Å². The van der Waals surface area contributed by atoms with Crippen LogP contribution in [0.5, 0.6) is 0 Å². The van der Waals surface area contributed by atoms with Gasteiger partial charge in [-0.1, -0.05) is 0 Å². The fraction of sp³-hybridized carbons (Fsp3) is 0.250. The Morgan fingerprint density at radius 2 is 2.36 bits per heavy atom. The highest BCUT2D eigenvalue weighted by atomic mass is 32.2. The van der Waals surface area contributed by atoms with Crippen LogP contribution in [0.4, 0.5) is 0 Å². The van der Waals surface area contributed by atoms with Crippen LogP contribution in [0.1, 0.15) is 6.42 Å². The van der Waals surface area contributed by atoms with Gasteiger partial charge in [0.1, 0.15) is 4.90 Å². The average molecular weight is 211 g/mol. The summed E-state index contributed by atoms with van der Waals surface area (Å²) in [6, 6.07) is 4.84. The Morgan fingerprint density at radius 1 is 1.57 bits per heavy atom. The molecule has 1 aromatic heterocycles. The molecule has 0 saturated heterocycles. The number of nitrogens with one attached hydrogen (secondary N) is 1. The smallest absolute Gasteiger partial charge is 0.242 e. The summed E-state index contributed by atoms with van der Waals surface area (Å²) in [5.74, 6) is 0. The van der Waals surface area contributed by atoms with E-state index in [1.54, 1.807) is 6.07 Å². The van der Waals surface area contributed by atoms with Crippen LogP contribution in [0.25, 0.3) is 0 Å². The van der Waals surface area contributed by atoms with Gasteiger partial charge in [-0.25, -0.2) is 13.1 Å². The molecule has 0 amide bonds. The number of nitriles is 1. The molecule has 74 valence electrons. The van der Waals surface area contributed by atoms with Crippen LogP contribution in [0.3, 0.4) is 0 Å². The number of pyridine rings is 1. The van der Waals surface area contributed by atoms with Gasteiger partial charge in [0, 0.05) is 25.4 Å². The first kappa shape index (κ1) is 10.6. The lowest BCUT2D eigenvalue weighted by Crippen LogP contribution is -2.24. The molecule has 0 aliphatic heterocycles. The van der Waals surface area contributed by atoms with E-state index in [-0.39, 0.29) is 17.9 Å². The molecule has 0 aromatic carbocycles. The summed E-state index contributed by atoms with van der Waals surface area (Å²) in [5.41, 5.74) is 0. The van der Waals surface area contributed by atoms with Crippen LogP contribution in [-0.2, 0) is 10.0 Å². The van der Waals surface area contributed by atoms with Crippen molar-refractivity contribution in [2.75, 3.05) is 6.54 Å². The summed E-state index contributed by atoms with van der Waals surface area (Å²) in [6.07, 6.45) is 2.91. The molecule has 0 unspecified atom stereocenters. The molecule has 1 rings (SSSR count). The van der Waals surface area contributed by atoms with Crippen LogP contribution >= 0.6 is 0 Å². The topological polar surface area (TPSA) is 82.9 Å². The highest BCUT2D eigenvalue weighted by Gasteiger charge is 2.12. The third-order valence-corrected chi connectivity index (χ3v) is 2.92. The summed E-state index contributed by atoms with van der Waals surface area (Å²) in [5, 5.41) is 8.24. The third-order valence-electron chi connectivity index (χ3n) is 1.47. The zero-order valence-electron chi connectivity index (χ0n) is 7.34. The fourth-order valence-electron chi connectivity index (χ4n) is 0.831. The highest BCUT2D eigenvalue weighted by Crippen LogP contribution is 2.04. The predicted molar refractivity (Wildman–Crippen MR) is 49.7 cm³/mol. The standard InChI is InChI=1S/C8H9N3O2S/c9-4-2-6-11-14(12,13)8-3-1-5-10-7-8/h1,3,5,7,11H,2,6H2. The first-order valence-electron chi connectivity index (χ1n) is 3.93. The second-order valence-corrected chi connectivity index (χ2v) is 4.26. The van der Waals surface area contributed by atoms with Crippen LogP contribution in [0, 0.1) is 11.3 Å². The van der Waals surface area contributed by atoms with E-state index in [2.05, 4.69) is 9.71 Å². The Morgan fingerprint density at radius 3 is 2.93 bits per heavy atom. The van der Waals surface area contributed by atoms with E-state index in [4.69, 9.17) is 5.26 Å². The Bertz CT molecular complexity index is 422. The number of nitrogens with zero attached hydrogens (tertiary/aromatic N) is 2. The van der Waals surface area contributed by atoms with Crippen LogP contribution in [-0.4, -0.2) is 19.9 Å². The first-order chi connectivity index (χ1) is 6.67. The van der Waals surface area contributed by atoms with Gasteiger partial charge in [-0.15, -0.1) is 0 Å². The summed E-state index contributed by atoms with van der Waals surface area (Å²) in [6.45, 7) is 0.119. The van der Waals surface area contributed by atoms with E-state index >= 15 is 0 Å². The van der Waals surface area contributed by atoms with Gasteiger partial charge in [-0.05, 0) is 12.1 Å². The largest absolute Gasteiger partial charge is 0.263 e. The molecular weight excluding hydrogens is 202 g/mol. The molecule has 0 bridgehead atoms. The van der Waals surface area contributed by atoms with Crippen molar-refractivity contribution in [1.29, 1.82) is 5.26 Å². The van der Waals surface area contributed by atoms with Crippen molar-refractivity contribution in [2.45, 2.75) is 11.3 Å². The van der Waals surface area contributed by atoms with Crippen molar-refractivity contribution >= 4 is 10.0 Å². The lowest BCUT2D eigenvalue weighted by Gasteiger charge is -2.03. The second-order valence-electron chi connectivity index (χ2n) is 2.49. The van der Waals surface area contributed by atoms with Crippen molar-refractivity contribution in [3.63, 3.8) is 0 Å². The molecule has 0 aliphatic carbocycles. The minimum absolute atomic E-state index is 0.109. The minimum atomic E-state index is -3.50. The molecule has 5 nitrogen and oxygen atoms in total. The van der Waals surface area contributed by atoms with Gasteiger partial charge >= 0.3 is 0 Å². The van der Waals surface area contributed by atoms with E-state index in [9.17, 15) is 8.42 Å². The lowest BCUT2D eigenvalue weighted by atomic mass is 10.5. The second kappa shape index (κ2) is 4.69. The SMILES string of the molecule is N#CCCNS(=O)(=O)c1cccnc1. The number of hydrogen-bond donors (Lipinski definition) is 1. The summed E-state index contributed by atoms with van der Waals surface area (Å²) in [4.78, 5) is 3.80. The number of aromatic nitrogens is 1. The molecule has 0 spiro atoms. The molecule has 0 aliphatic rings. The monoisotopic (exact) mass is 211 g/mol. The third kappa shape index (κ3) is 2.80. The first-order valence-corrected chi connectivity index (χ1v) is 5.42. The van der Waals surface area contributed by atoms with Crippen molar-refractivity contribution in [3.05, 3.63) is 24.5 Å². The van der Waals surface area contributed by atoms with E-state index < -0.39 is 10.0 Å². The maximum Gasteiger partial charge on any atom is 0.242 e. The van der Waals surface area contributed by atoms with Crippen molar-refractivity contribution in [1.82, 2.24) is 9.71 Å². The summed E-state index contributed by atoms with van der Waals surface area (Å²) in [7, 11) is -3.50. The average Bonchev–Trinajstić information content (AvgIpc) is 2.19. The zero-order valence-corrected chi connectivity index (χ0v) is 8.16. The molecule has 14 heavy (non-hydrogen) atoms. The Kier molecular flexibility index (Phi) is 3.56. The number of sulfonamides is 1. The summed E-state index contributed by atoms with van der Waals surface area (Å²) < 4.78 is 25.2. The van der Waals surface area contributed by atoms with Gasteiger partial charge in [-0.3, -0.25) is 4.98 Å². The number of hydrogen-bond acceptors (Lipinski definition) is 4. The minimum Gasteiger partial charge on any atom is -0.263 e. The van der Waals surface area contributed by atoms with Crippen LogP contribution in [0.2, 0.25) is 0 Å². The fourth-order valence-corrected chi connectivity index (χ4v) is 1.83. The Labute approximate surface area is 82.4 Å². The zero-order chi connectivity index (χ0) is 10.4. The van der Waals surface area contributed by atoms with Crippen molar-refractivity contribution < 1.29 is 8.42 Å². The van der Waals surface area contributed by atoms with Gasteiger partial charge < -0.3 is 0 Å². The van der Waals surface area contributed by atoms with Crippen molar-refractivity contribution in [3.8, 4) is 6.07 Å². The molecule has 1 N–H and O–H groups in total. The van der Waals surface area contributed by atoms with E-state index in [1.807, 2.05) is 6.07 Å². The molecule has 1 heterocycles. The van der Waals surface area contributed by atoms with Gasteiger partial charge in [-0.2, -0.15) is 5.26 Å². The Balaban J connectivity index is 2.73. The predicted octanol–water partition coefficient (Wildman–Crippen LogP) is 0.274. The number of rotatable bonds is 4.